The molecule has 0 bridgehead atoms. The Morgan fingerprint density at radius 3 is 2.56 bits per heavy atom. The molecule has 0 radical (unpaired) electrons. The van der Waals surface area contributed by atoms with Crippen molar-refractivity contribution in [2.45, 2.75) is 4.90 Å². The molecule has 0 fully saturated rings. The van der Waals surface area contributed by atoms with Crippen LogP contribution >= 0.6 is 0 Å². The molecule has 1 heterocycles. The normalized spacial score (nSPS) is 11.4. The van der Waals surface area contributed by atoms with E-state index < -0.39 is 10.0 Å². The maximum absolute atomic E-state index is 11.6. The summed E-state index contributed by atoms with van der Waals surface area (Å²) < 4.78 is 30.3. The summed E-state index contributed by atoms with van der Waals surface area (Å²) in [6.07, 6.45) is 2.33. The molecule has 1 rings (SSSR count). The van der Waals surface area contributed by atoms with Gasteiger partial charge in [-0.3, -0.25) is 5.43 Å². The van der Waals surface area contributed by atoms with E-state index >= 15 is 0 Å². The summed E-state index contributed by atoms with van der Waals surface area (Å²) >= 11 is 0. The molecule has 1 aromatic rings. The number of hydrazine groups is 1. The number of ether oxygens (including phenoxy) is 1. The van der Waals surface area contributed by atoms with Crippen LogP contribution in [0.2, 0.25) is 0 Å². The van der Waals surface area contributed by atoms with E-state index in [1.807, 2.05) is 0 Å². The first-order chi connectivity index (χ1) is 7.60. The topological polar surface area (TPSA) is 119 Å². The van der Waals surface area contributed by atoms with Gasteiger partial charge < -0.3 is 4.74 Å². The minimum atomic E-state index is -3.58. The molecule has 1 aromatic heterocycles. The van der Waals surface area contributed by atoms with Crippen LogP contribution in [0.15, 0.2) is 17.3 Å². The second-order valence-electron chi connectivity index (χ2n) is 2.78. The largest absolute Gasteiger partial charge is 0.383 e. The number of nitrogen functional groups attached to an aromatic ring is 1. The highest BCUT2D eigenvalue weighted by atomic mass is 32.2. The SMILES string of the molecule is COCCNS(=O)(=O)c1cnc(NN)nc1. The highest BCUT2D eigenvalue weighted by Gasteiger charge is 2.14. The fourth-order valence-corrected chi connectivity index (χ4v) is 1.79. The van der Waals surface area contributed by atoms with Gasteiger partial charge in [0.1, 0.15) is 4.90 Å². The number of nitrogens with one attached hydrogen (secondary N) is 2. The number of nitrogens with two attached hydrogens (primary N) is 1. The zero-order valence-electron chi connectivity index (χ0n) is 8.67. The molecule has 4 N–H and O–H groups in total. The lowest BCUT2D eigenvalue weighted by Gasteiger charge is -2.05. The second-order valence-corrected chi connectivity index (χ2v) is 4.54. The molecule has 0 spiro atoms. The maximum Gasteiger partial charge on any atom is 0.243 e. The fraction of sp³-hybridized carbons (Fsp3) is 0.429. The van der Waals surface area contributed by atoms with Crippen molar-refractivity contribution >= 4 is 16.0 Å². The third-order valence-electron chi connectivity index (χ3n) is 1.67. The summed E-state index contributed by atoms with van der Waals surface area (Å²) in [5.74, 6) is 5.20. The van der Waals surface area contributed by atoms with Gasteiger partial charge in [0.2, 0.25) is 16.0 Å². The van der Waals surface area contributed by atoms with E-state index in [0.717, 1.165) is 12.4 Å². The molecule has 0 amide bonds. The zero-order valence-corrected chi connectivity index (χ0v) is 9.49. The van der Waals surface area contributed by atoms with Crippen molar-refractivity contribution in [1.29, 1.82) is 0 Å². The number of nitrogens with zero attached hydrogens (tertiary/aromatic N) is 2. The monoisotopic (exact) mass is 247 g/mol. The first-order valence-corrected chi connectivity index (χ1v) is 5.85. The minimum Gasteiger partial charge on any atom is -0.383 e. The first-order valence-electron chi connectivity index (χ1n) is 4.37. The molecule has 0 aliphatic heterocycles. The Kier molecular flexibility index (Phi) is 4.55. The zero-order chi connectivity index (χ0) is 12.0. The van der Waals surface area contributed by atoms with Gasteiger partial charge in [0.15, 0.2) is 0 Å². The van der Waals surface area contributed by atoms with Crippen LogP contribution in [0.1, 0.15) is 0 Å². The molecule has 0 aliphatic rings. The van der Waals surface area contributed by atoms with E-state index in [0.29, 0.717) is 6.61 Å². The fourth-order valence-electron chi connectivity index (χ4n) is 0.891. The molecular weight excluding hydrogens is 234 g/mol. The molecular formula is C7H13N5O3S. The molecule has 0 aliphatic carbocycles. The summed E-state index contributed by atoms with van der Waals surface area (Å²) in [5.41, 5.74) is 2.20. The van der Waals surface area contributed by atoms with Crippen molar-refractivity contribution < 1.29 is 13.2 Å². The van der Waals surface area contributed by atoms with Gasteiger partial charge >= 0.3 is 0 Å². The number of hydrogen-bond acceptors (Lipinski definition) is 7. The third kappa shape index (κ3) is 3.38. The van der Waals surface area contributed by atoms with Gasteiger partial charge in [0, 0.05) is 13.7 Å². The Morgan fingerprint density at radius 1 is 1.44 bits per heavy atom. The van der Waals surface area contributed by atoms with Crippen LogP contribution in [0, 0.1) is 0 Å². The molecule has 0 aromatic carbocycles. The number of aromatic nitrogens is 2. The Labute approximate surface area is 93.2 Å². The minimum absolute atomic E-state index is 0.0254. The van der Waals surface area contributed by atoms with Gasteiger partial charge in [-0.25, -0.2) is 29.0 Å². The van der Waals surface area contributed by atoms with Gasteiger partial charge in [-0.1, -0.05) is 0 Å². The van der Waals surface area contributed by atoms with Crippen molar-refractivity contribution in [2.24, 2.45) is 5.84 Å². The van der Waals surface area contributed by atoms with Crippen LogP contribution in [0.4, 0.5) is 5.95 Å². The van der Waals surface area contributed by atoms with Gasteiger partial charge in [-0.2, -0.15) is 0 Å². The van der Waals surface area contributed by atoms with E-state index in [1.54, 1.807) is 0 Å². The molecule has 0 atom stereocenters. The highest BCUT2D eigenvalue weighted by Crippen LogP contribution is 2.06. The molecule has 0 unspecified atom stereocenters. The van der Waals surface area contributed by atoms with E-state index in [9.17, 15) is 8.42 Å². The number of rotatable bonds is 6. The second kappa shape index (κ2) is 5.70. The lowest BCUT2D eigenvalue weighted by Crippen LogP contribution is -2.27. The van der Waals surface area contributed by atoms with Crippen LogP contribution < -0.4 is 16.0 Å². The van der Waals surface area contributed by atoms with E-state index in [2.05, 4.69) is 20.1 Å². The average Bonchev–Trinajstić information content (AvgIpc) is 2.29. The molecule has 8 nitrogen and oxygen atoms in total. The number of anilines is 1. The van der Waals surface area contributed by atoms with Crippen LogP contribution in [0.5, 0.6) is 0 Å². The summed E-state index contributed by atoms with van der Waals surface area (Å²) in [7, 11) is -2.10. The highest BCUT2D eigenvalue weighted by molar-refractivity contribution is 7.89. The van der Waals surface area contributed by atoms with Gasteiger partial charge in [-0.05, 0) is 0 Å². The molecule has 9 heteroatoms. The predicted octanol–water partition coefficient (Wildman–Crippen LogP) is -1.31. The third-order valence-corrected chi connectivity index (χ3v) is 3.08. The van der Waals surface area contributed by atoms with E-state index in [4.69, 9.17) is 10.6 Å². The molecule has 16 heavy (non-hydrogen) atoms. The smallest absolute Gasteiger partial charge is 0.243 e. The van der Waals surface area contributed by atoms with Crippen LogP contribution in [-0.4, -0.2) is 38.6 Å². The Bertz CT molecular complexity index is 418. The van der Waals surface area contributed by atoms with Crippen molar-refractivity contribution in [3.63, 3.8) is 0 Å². The van der Waals surface area contributed by atoms with E-state index in [1.165, 1.54) is 7.11 Å². The summed E-state index contributed by atoms with van der Waals surface area (Å²) in [6, 6.07) is 0. The maximum atomic E-state index is 11.6. The number of methoxy groups -OCH3 is 1. The first kappa shape index (κ1) is 12.8. The average molecular weight is 247 g/mol. The van der Waals surface area contributed by atoms with Gasteiger partial charge in [0.05, 0.1) is 19.0 Å². The lowest BCUT2D eigenvalue weighted by atomic mass is 10.7. The molecule has 90 valence electrons. The Morgan fingerprint density at radius 2 is 2.06 bits per heavy atom. The number of sulfonamides is 1. The van der Waals surface area contributed by atoms with Crippen molar-refractivity contribution in [2.75, 3.05) is 25.7 Å². The van der Waals surface area contributed by atoms with E-state index in [-0.39, 0.29) is 17.4 Å². The standard InChI is InChI=1S/C7H13N5O3S/c1-15-3-2-11-16(13,14)6-4-9-7(12-8)10-5-6/h4-5,11H,2-3,8H2,1H3,(H,9,10,12). The van der Waals surface area contributed by atoms with Crippen molar-refractivity contribution in [3.8, 4) is 0 Å². The van der Waals surface area contributed by atoms with Crippen molar-refractivity contribution in [3.05, 3.63) is 12.4 Å². The molecule has 0 saturated heterocycles. The van der Waals surface area contributed by atoms with Gasteiger partial charge in [-0.15, -0.1) is 0 Å². The summed E-state index contributed by atoms with van der Waals surface area (Å²) in [6.45, 7) is 0.484. The molecule has 0 saturated carbocycles. The van der Waals surface area contributed by atoms with Crippen LogP contribution in [-0.2, 0) is 14.8 Å². The summed E-state index contributed by atoms with van der Waals surface area (Å²) in [5, 5.41) is 0. The predicted molar refractivity (Wildman–Crippen MR) is 56.9 cm³/mol. The Hall–Kier alpha value is -1.29. The summed E-state index contributed by atoms with van der Waals surface area (Å²) in [4.78, 5) is 7.36. The lowest BCUT2D eigenvalue weighted by molar-refractivity contribution is 0.204. The Balaban J connectivity index is 2.74. The van der Waals surface area contributed by atoms with Crippen LogP contribution in [0.25, 0.3) is 0 Å². The van der Waals surface area contributed by atoms with Crippen LogP contribution in [0.3, 0.4) is 0 Å². The van der Waals surface area contributed by atoms with Crippen molar-refractivity contribution in [1.82, 2.24) is 14.7 Å². The number of hydrogen-bond donors (Lipinski definition) is 3. The quantitative estimate of drug-likeness (QED) is 0.324. The van der Waals surface area contributed by atoms with Gasteiger partial charge in [0.25, 0.3) is 0 Å².